The first kappa shape index (κ1) is 13.7. The van der Waals surface area contributed by atoms with Gasteiger partial charge in [-0.3, -0.25) is 4.79 Å². The Bertz CT molecular complexity index is 632. The van der Waals surface area contributed by atoms with Crippen LogP contribution in [0.4, 0.5) is 0 Å². The number of rotatable bonds is 2. The van der Waals surface area contributed by atoms with Gasteiger partial charge in [0, 0.05) is 13.1 Å². The van der Waals surface area contributed by atoms with Gasteiger partial charge in [-0.15, -0.1) is 22.7 Å². The fourth-order valence-corrected chi connectivity index (χ4v) is 4.19. The number of thiophene rings is 1. The lowest BCUT2D eigenvalue weighted by Gasteiger charge is -2.18. The summed E-state index contributed by atoms with van der Waals surface area (Å²) in [5.41, 5.74) is 0.0140. The van der Waals surface area contributed by atoms with Crippen LogP contribution in [0.25, 0.3) is 9.88 Å². The fraction of sp³-hybridized carbons (Fsp3) is 0.429. The summed E-state index contributed by atoms with van der Waals surface area (Å²) < 4.78 is 0. The smallest absolute Gasteiger partial charge is 0.265 e. The third-order valence-electron chi connectivity index (χ3n) is 3.46. The first-order valence-electron chi connectivity index (χ1n) is 6.49. The maximum atomic E-state index is 12.5. The fourth-order valence-electron chi connectivity index (χ4n) is 2.36. The molecular formula is C14H16N2O2S2. The van der Waals surface area contributed by atoms with Gasteiger partial charge in [-0.1, -0.05) is 6.07 Å². The van der Waals surface area contributed by atoms with Crippen molar-refractivity contribution in [1.29, 1.82) is 0 Å². The molecule has 20 heavy (non-hydrogen) atoms. The summed E-state index contributed by atoms with van der Waals surface area (Å²) in [6.07, 6.45) is 0.633. The first-order valence-corrected chi connectivity index (χ1v) is 8.19. The zero-order valence-electron chi connectivity index (χ0n) is 11.4. The Labute approximate surface area is 125 Å². The van der Waals surface area contributed by atoms with Crippen LogP contribution in [0.3, 0.4) is 0 Å². The second-order valence-corrected chi connectivity index (χ2v) is 7.33. The number of thiazole rings is 1. The zero-order chi connectivity index (χ0) is 14.3. The summed E-state index contributed by atoms with van der Waals surface area (Å²) in [7, 11) is 0. The number of carbonyl (C=O) groups is 1. The minimum atomic E-state index is -0.759. The van der Waals surface area contributed by atoms with E-state index < -0.39 is 5.60 Å². The average molecular weight is 308 g/mol. The molecular weight excluding hydrogens is 292 g/mol. The monoisotopic (exact) mass is 308 g/mol. The molecule has 1 N–H and O–H groups in total. The number of nitrogens with zero attached hydrogens (tertiary/aromatic N) is 2. The van der Waals surface area contributed by atoms with Crippen molar-refractivity contribution in [2.45, 2.75) is 25.9 Å². The predicted molar refractivity (Wildman–Crippen MR) is 81.3 cm³/mol. The summed E-state index contributed by atoms with van der Waals surface area (Å²) >= 11 is 3.06. The molecule has 0 radical (unpaired) electrons. The number of hydrogen-bond acceptors (Lipinski definition) is 5. The van der Waals surface area contributed by atoms with Crippen LogP contribution >= 0.6 is 22.7 Å². The second-order valence-electron chi connectivity index (χ2n) is 5.38. The molecule has 0 saturated carbocycles. The molecule has 3 heterocycles. The molecule has 2 aromatic heterocycles. The lowest BCUT2D eigenvalue weighted by molar-refractivity contribution is 0.0574. The van der Waals surface area contributed by atoms with Crippen molar-refractivity contribution < 1.29 is 9.90 Å². The minimum Gasteiger partial charge on any atom is -0.388 e. The second kappa shape index (κ2) is 4.95. The molecule has 3 rings (SSSR count). The molecule has 1 aliphatic heterocycles. The van der Waals surface area contributed by atoms with Crippen LogP contribution < -0.4 is 0 Å². The van der Waals surface area contributed by atoms with E-state index in [0.29, 0.717) is 24.4 Å². The van der Waals surface area contributed by atoms with E-state index in [1.165, 1.54) is 11.3 Å². The Balaban J connectivity index is 1.86. The van der Waals surface area contributed by atoms with Gasteiger partial charge in [-0.25, -0.2) is 4.98 Å². The third-order valence-corrected chi connectivity index (χ3v) is 5.65. The number of carbonyl (C=O) groups excluding carboxylic acids is 1. The van der Waals surface area contributed by atoms with Crippen molar-refractivity contribution in [1.82, 2.24) is 9.88 Å². The van der Waals surface area contributed by atoms with Crippen LogP contribution in [-0.2, 0) is 0 Å². The third kappa shape index (κ3) is 2.51. The summed E-state index contributed by atoms with van der Waals surface area (Å²) in [5, 5.41) is 12.9. The Morgan fingerprint density at radius 1 is 1.55 bits per heavy atom. The van der Waals surface area contributed by atoms with E-state index in [0.717, 1.165) is 15.6 Å². The molecule has 1 aliphatic rings. The van der Waals surface area contributed by atoms with Crippen LogP contribution in [0, 0.1) is 6.92 Å². The molecule has 6 heteroatoms. The average Bonchev–Trinajstić information content (AvgIpc) is 3.07. The first-order chi connectivity index (χ1) is 9.46. The van der Waals surface area contributed by atoms with Gasteiger partial charge < -0.3 is 10.0 Å². The highest BCUT2D eigenvalue weighted by Crippen LogP contribution is 2.32. The van der Waals surface area contributed by atoms with Gasteiger partial charge in [0.05, 0.1) is 16.2 Å². The largest absolute Gasteiger partial charge is 0.388 e. The summed E-state index contributed by atoms with van der Waals surface area (Å²) in [4.78, 5) is 20.5. The topological polar surface area (TPSA) is 53.4 Å². The van der Waals surface area contributed by atoms with E-state index in [2.05, 4.69) is 4.98 Å². The minimum absolute atomic E-state index is 0.0134. The number of likely N-dealkylation sites (tertiary alicyclic amines) is 1. The van der Waals surface area contributed by atoms with Crippen molar-refractivity contribution in [2.75, 3.05) is 13.1 Å². The highest BCUT2D eigenvalue weighted by molar-refractivity contribution is 7.22. The van der Waals surface area contributed by atoms with Gasteiger partial charge >= 0.3 is 0 Å². The van der Waals surface area contributed by atoms with Gasteiger partial charge in [0.15, 0.2) is 0 Å². The van der Waals surface area contributed by atoms with E-state index in [9.17, 15) is 9.90 Å². The van der Waals surface area contributed by atoms with Crippen LogP contribution in [0.5, 0.6) is 0 Å². The number of amides is 1. The van der Waals surface area contributed by atoms with Crippen molar-refractivity contribution in [3.05, 3.63) is 28.1 Å². The van der Waals surface area contributed by atoms with E-state index >= 15 is 0 Å². The molecule has 1 unspecified atom stereocenters. The van der Waals surface area contributed by atoms with Gasteiger partial charge in [0.25, 0.3) is 5.91 Å². The summed E-state index contributed by atoms with van der Waals surface area (Å²) in [6, 6.07) is 3.99. The van der Waals surface area contributed by atoms with Gasteiger partial charge in [-0.05, 0) is 31.7 Å². The molecule has 2 aromatic rings. The lowest BCUT2D eigenvalue weighted by atomic mass is 10.1. The maximum Gasteiger partial charge on any atom is 0.265 e. The SMILES string of the molecule is Cc1nc(-c2cccs2)sc1C(=O)N1CCC(C)(O)C1. The molecule has 0 spiro atoms. The Hall–Kier alpha value is -1.24. The standard InChI is InChI=1S/C14H16N2O2S2/c1-9-11(13(17)16-6-5-14(2,18)8-16)20-12(15-9)10-4-3-7-19-10/h3-4,7,18H,5-6,8H2,1-2H3. The zero-order valence-corrected chi connectivity index (χ0v) is 13.1. The quantitative estimate of drug-likeness (QED) is 0.928. The van der Waals surface area contributed by atoms with Crippen molar-refractivity contribution in [3.8, 4) is 9.88 Å². The van der Waals surface area contributed by atoms with Crippen molar-refractivity contribution >= 4 is 28.6 Å². The Morgan fingerprint density at radius 3 is 2.95 bits per heavy atom. The van der Waals surface area contributed by atoms with E-state index in [1.807, 2.05) is 24.4 Å². The van der Waals surface area contributed by atoms with Crippen LogP contribution in [0.15, 0.2) is 17.5 Å². The van der Waals surface area contributed by atoms with Crippen molar-refractivity contribution in [3.63, 3.8) is 0 Å². The van der Waals surface area contributed by atoms with E-state index in [4.69, 9.17) is 0 Å². The molecule has 1 fully saturated rings. The molecule has 1 saturated heterocycles. The number of aromatic nitrogens is 1. The van der Waals surface area contributed by atoms with Gasteiger partial charge in [0.2, 0.25) is 0 Å². The molecule has 0 bridgehead atoms. The summed E-state index contributed by atoms with van der Waals surface area (Å²) in [5.74, 6) is -0.0134. The Kier molecular flexibility index (Phi) is 3.40. The van der Waals surface area contributed by atoms with Crippen LogP contribution in [0.1, 0.15) is 28.7 Å². The lowest BCUT2D eigenvalue weighted by Crippen LogP contribution is -2.33. The number of β-amino-alcohol motifs (C(OH)–C–C–N with tert-alkyl or cyclic N) is 1. The number of aryl methyl sites for hydroxylation is 1. The molecule has 4 nitrogen and oxygen atoms in total. The number of hydrogen-bond donors (Lipinski definition) is 1. The molecule has 106 valence electrons. The molecule has 0 aliphatic carbocycles. The van der Waals surface area contributed by atoms with Crippen LogP contribution in [0.2, 0.25) is 0 Å². The van der Waals surface area contributed by atoms with Gasteiger partial charge in [0.1, 0.15) is 9.88 Å². The highest BCUT2D eigenvalue weighted by atomic mass is 32.1. The van der Waals surface area contributed by atoms with E-state index in [1.54, 1.807) is 23.2 Å². The molecule has 0 aromatic carbocycles. The molecule has 1 amide bonds. The predicted octanol–water partition coefficient (Wildman–Crippen LogP) is 2.78. The van der Waals surface area contributed by atoms with Gasteiger partial charge in [-0.2, -0.15) is 0 Å². The van der Waals surface area contributed by atoms with Crippen molar-refractivity contribution in [2.24, 2.45) is 0 Å². The number of aliphatic hydroxyl groups is 1. The normalized spacial score (nSPS) is 22.4. The Morgan fingerprint density at radius 2 is 2.35 bits per heavy atom. The summed E-state index contributed by atoms with van der Waals surface area (Å²) in [6.45, 7) is 4.65. The van der Waals surface area contributed by atoms with E-state index in [-0.39, 0.29) is 5.91 Å². The molecule has 1 atom stereocenters. The maximum absolute atomic E-state index is 12.5. The van der Waals surface area contributed by atoms with Crippen LogP contribution in [-0.4, -0.2) is 39.6 Å². The highest BCUT2D eigenvalue weighted by Gasteiger charge is 2.35.